The number of carbonyl (C=O) groups is 1. The number of carbonyl (C=O) groups excluding carboxylic acids is 1. The van der Waals surface area contributed by atoms with Crippen LogP contribution in [0, 0.1) is 16.6 Å². The van der Waals surface area contributed by atoms with Crippen LogP contribution in [0.1, 0.15) is 32.3 Å². The molecule has 32 heavy (non-hydrogen) atoms. The van der Waals surface area contributed by atoms with E-state index in [2.05, 4.69) is 15.1 Å². The summed E-state index contributed by atoms with van der Waals surface area (Å²) in [5.41, 5.74) is 0.664. The van der Waals surface area contributed by atoms with Crippen LogP contribution in [0.4, 0.5) is 15.9 Å². The SMILES string of the molecule is CC(C)C1OC2(CCN(CCc3cccnc3N=O)CC2)CN(c2ccccc2F)C1=O. The van der Waals surface area contributed by atoms with Crippen LogP contribution in [0.25, 0.3) is 0 Å². The van der Waals surface area contributed by atoms with E-state index in [9.17, 15) is 14.1 Å². The Bertz CT molecular complexity index is 975. The lowest BCUT2D eigenvalue weighted by Gasteiger charge is -2.50. The summed E-state index contributed by atoms with van der Waals surface area (Å²) in [6.45, 7) is 6.66. The van der Waals surface area contributed by atoms with E-state index < -0.39 is 17.5 Å². The summed E-state index contributed by atoms with van der Waals surface area (Å²) >= 11 is 0. The second kappa shape index (κ2) is 9.42. The Hall–Kier alpha value is -2.71. The monoisotopic (exact) mass is 440 g/mol. The Kier molecular flexibility index (Phi) is 6.62. The summed E-state index contributed by atoms with van der Waals surface area (Å²) in [6.07, 6.45) is 3.17. The first kappa shape index (κ1) is 22.5. The maximum absolute atomic E-state index is 14.5. The number of morpholine rings is 1. The molecule has 2 fully saturated rings. The molecule has 1 amide bonds. The molecule has 0 radical (unpaired) electrons. The quantitative estimate of drug-likeness (QED) is 0.633. The van der Waals surface area contributed by atoms with Gasteiger partial charge in [0.05, 0.1) is 17.8 Å². The first-order valence-electron chi connectivity index (χ1n) is 11.2. The molecule has 1 aromatic heterocycles. The number of aromatic nitrogens is 1. The molecule has 2 aliphatic heterocycles. The minimum Gasteiger partial charge on any atom is -0.360 e. The minimum atomic E-state index is -0.591. The van der Waals surface area contributed by atoms with E-state index in [1.165, 1.54) is 6.07 Å². The molecule has 0 aliphatic carbocycles. The number of nitrogens with zero attached hydrogens (tertiary/aromatic N) is 4. The summed E-state index contributed by atoms with van der Waals surface area (Å²) < 4.78 is 21.0. The fraction of sp³-hybridized carbons (Fsp3) is 0.500. The summed E-state index contributed by atoms with van der Waals surface area (Å²) in [5, 5.41) is 3.01. The predicted molar refractivity (Wildman–Crippen MR) is 120 cm³/mol. The molecule has 7 nitrogen and oxygen atoms in total. The number of ether oxygens (including phenoxy) is 1. The zero-order valence-electron chi connectivity index (χ0n) is 18.5. The molecule has 1 spiro atoms. The van der Waals surface area contributed by atoms with Crippen molar-refractivity contribution in [1.82, 2.24) is 9.88 Å². The average Bonchev–Trinajstić information content (AvgIpc) is 2.81. The molecule has 2 aromatic rings. The van der Waals surface area contributed by atoms with Crippen molar-refractivity contribution in [2.45, 2.75) is 44.8 Å². The van der Waals surface area contributed by atoms with Gasteiger partial charge in [0.1, 0.15) is 11.9 Å². The van der Waals surface area contributed by atoms with E-state index in [4.69, 9.17) is 4.74 Å². The molecule has 0 saturated carbocycles. The number of pyridine rings is 1. The van der Waals surface area contributed by atoms with Crippen LogP contribution < -0.4 is 4.90 Å². The van der Waals surface area contributed by atoms with Gasteiger partial charge >= 0.3 is 0 Å². The number of hydrogen-bond acceptors (Lipinski definition) is 6. The lowest BCUT2D eigenvalue weighted by atomic mass is 9.86. The maximum Gasteiger partial charge on any atom is 0.256 e. The number of para-hydroxylation sites is 1. The highest BCUT2D eigenvalue weighted by Crippen LogP contribution is 2.37. The number of hydrogen-bond donors (Lipinski definition) is 0. The van der Waals surface area contributed by atoms with Gasteiger partial charge in [-0.15, -0.1) is 4.91 Å². The molecule has 170 valence electrons. The third kappa shape index (κ3) is 4.56. The number of benzene rings is 1. The van der Waals surface area contributed by atoms with Gasteiger partial charge in [0.25, 0.3) is 5.91 Å². The molecule has 1 atom stereocenters. The molecule has 1 aromatic carbocycles. The van der Waals surface area contributed by atoms with E-state index in [1.54, 1.807) is 29.3 Å². The van der Waals surface area contributed by atoms with Gasteiger partial charge in [0.15, 0.2) is 5.82 Å². The third-order valence-corrected chi connectivity index (χ3v) is 6.50. The van der Waals surface area contributed by atoms with Crippen LogP contribution >= 0.6 is 0 Å². The summed E-state index contributed by atoms with van der Waals surface area (Å²) in [6, 6.07) is 10.1. The van der Waals surface area contributed by atoms with E-state index in [1.807, 2.05) is 26.0 Å². The van der Waals surface area contributed by atoms with Crippen LogP contribution in [0.3, 0.4) is 0 Å². The van der Waals surface area contributed by atoms with Gasteiger partial charge in [-0.05, 0) is 48.6 Å². The number of amides is 1. The van der Waals surface area contributed by atoms with Gasteiger partial charge in [-0.1, -0.05) is 32.0 Å². The van der Waals surface area contributed by atoms with Gasteiger partial charge in [0.2, 0.25) is 0 Å². The van der Waals surface area contributed by atoms with Crippen molar-refractivity contribution < 1.29 is 13.9 Å². The second-order valence-corrected chi connectivity index (χ2v) is 9.01. The largest absolute Gasteiger partial charge is 0.360 e. The Balaban J connectivity index is 1.46. The fourth-order valence-electron chi connectivity index (χ4n) is 4.62. The van der Waals surface area contributed by atoms with Gasteiger partial charge in [-0.2, -0.15) is 0 Å². The van der Waals surface area contributed by atoms with Gasteiger partial charge in [-0.25, -0.2) is 9.37 Å². The molecule has 4 rings (SSSR count). The van der Waals surface area contributed by atoms with Crippen LogP contribution in [0.5, 0.6) is 0 Å². The number of anilines is 1. The third-order valence-electron chi connectivity index (χ3n) is 6.50. The lowest BCUT2D eigenvalue weighted by molar-refractivity contribution is -0.171. The fourth-order valence-corrected chi connectivity index (χ4v) is 4.62. The van der Waals surface area contributed by atoms with Gasteiger partial charge in [0, 0.05) is 31.4 Å². The summed E-state index contributed by atoms with van der Waals surface area (Å²) in [5.74, 6) is -0.334. The van der Waals surface area contributed by atoms with Crippen molar-refractivity contribution in [1.29, 1.82) is 0 Å². The van der Waals surface area contributed by atoms with Crippen LogP contribution in [-0.2, 0) is 16.0 Å². The highest BCUT2D eigenvalue weighted by atomic mass is 19.1. The lowest BCUT2D eigenvalue weighted by Crippen LogP contribution is -2.63. The number of rotatable bonds is 6. The molecule has 0 N–H and O–H groups in total. The van der Waals surface area contributed by atoms with Crippen molar-refractivity contribution in [2.75, 3.05) is 31.1 Å². The number of piperidine rings is 1. The molecule has 3 heterocycles. The minimum absolute atomic E-state index is 0.00757. The van der Waals surface area contributed by atoms with Crippen LogP contribution in [-0.4, -0.2) is 53.7 Å². The van der Waals surface area contributed by atoms with Gasteiger partial charge in [-0.3, -0.25) is 4.79 Å². The number of likely N-dealkylation sites (tertiary alicyclic amines) is 1. The zero-order chi connectivity index (χ0) is 22.7. The number of halogens is 1. The number of nitroso groups, excluding NO2 is 1. The van der Waals surface area contributed by atoms with Gasteiger partial charge < -0.3 is 14.5 Å². The molecular weight excluding hydrogens is 411 g/mol. The highest BCUT2D eigenvalue weighted by Gasteiger charge is 2.48. The Morgan fingerprint density at radius 3 is 2.66 bits per heavy atom. The van der Waals surface area contributed by atoms with Crippen molar-refractivity contribution in [3.05, 3.63) is 58.9 Å². The van der Waals surface area contributed by atoms with Crippen molar-refractivity contribution in [3.63, 3.8) is 0 Å². The van der Waals surface area contributed by atoms with Crippen LogP contribution in [0.2, 0.25) is 0 Å². The second-order valence-electron chi connectivity index (χ2n) is 9.01. The first-order valence-corrected chi connectivity index (χ1v) is 11.2. The Morgan fingerprint density at radius 2 is 1.97 bits per heavy atom. The topological polar surface area (TPSA) is 75.1 Å². The normalized spacial score (nSPS) is 21.3. The van der Waals surface area contributed by atoms with Crippen molar-refractivity contribution in [2.24, 2.45) is 11.1 Å². The predicted octanol–water partition coefficient (Wildman–Crippen LogP) is 4.08. The molecular formula is C24H29FN4O3. The van der Waals surface area contributed by atoms with Crippen LogP contribution in [0.15, 0.2) is 47.8 Å². The van der Waals surface area contributed by atoms with E-state index in [0.717, 1.165) is 38.0 Å². The van der Waals surface area contributed by atoms with E-state index in [0.29, 0.717) is 18.7 Å². The molecule has 8 heteroatoms. The first-order chi connectivity index (χ1) is 15.4. The molecule has 2 aliphatic rings. The smallest absolute Gasteiger partial charge is 0.256 e. The average molecular weight is 441 g/mol. The standard InChI is InChI=1S/C24H29FN4O3/c1-17(2)21-23(30)29(20-8-4-3-7-19(20)25)16-24(32-21)10-14-28(15-11-24)13-9-18-6-5-12-26-22(18)27-31/h3-8,12,17,21H,9-11,13-16H2,1-2H3. The van der Waals surface area contributed by atoms with E-state index >= 15 is 0 Å². The van der Waals surface area contributed by atoms with E-state index in [-0.39, 0.29) is 17.6 Å². The molecule has 2 saturated heterocycles. The zero-order valence-corrected chi connectivity index (χ0v) is 18.5. The Labute approximate surface area is 187 Å². The maximum atomic E-state index is 14.5. The Morgan fingerprint density at radius 1 is 1.22 bits per heavy atom. The molecule has 1 unspecified atom stereocenters. The molecule has 0 bridgehead atoms. The summed E-state index contributed by atoms with van der Waals surface area (Å²) in [7, 11) is 0. The summed E-state index contributed by atoms with van der Waals surface area (Å²) in [4.78, 5) is 32.0. The van der Waals surface area contributed by atoms with Crippen molar-refractivity contribution in [3.8, 4) is 0 Å². The highest BCUT2D eigenvalue weighted by molar-refractivity contribution is 5.97. The van der Waals surface area contributed by atoms with Crippen molar-refractivity contribution >= 4 is 17.4 Å².